The van der Waals surface area contributed by atoms with Gasteiger partial charge in [-0.25, -0.2) is 0 Å². The molecular weight excluding hydrogens is 312 g/mol. The Kier molecular flexibility index (Phi) is 4.36. The van der Waals surface area contributed by atoms with Gasteiger partial charge in [0.15, 0.2) is 0 Å². The molecule has 1 aliphatic rings. The molecule has 1 atom stereocenters. The number of benzene rings is 1. The van der Waals surface area contributed by atoms with Gasteiger partial charge in [0.1, 0.15) is 0 Å². The van der Waals surface area contributed by atoms with Crippen molar-refractivity contribution in [3.8, 4) is 0 Å². The van der Waals surface area contributed by atoms with Crippen LogP contribution in [-0.2, 0) is 31.4 Å². The minimum absolute atomic E-state index is 0.393. The zero-order chi connectivity index (χ0) is 17.4. The molecule has 3 aromatic rings. The normalized spacial score (nSPS) is 18.0. The molecule has 0 saturated carbocycles. The first-order chi connectivity index (χ1) is 12.2. The summed E-state index contributed by atoms with van der Waals surface area (Å²) in [7, 11) is 3.91. The molecule has 0 amide bonds. The van der Waals surface area contributed by atoms with Gasteiger partial charge >= 0.3 is 0 Å². The Balaban J connectivity index is 1.62. The second kappa shape index (κ2) is 6.65. The number of hydrogen-bond donors (Lipinski definition) is 0. The monoisotopic (exact) mass is 338 g/mol. The summed E-state index contributed by atoms with van der Waals surface area (Å²) in [6.07, 6.45) is 4.46. The van der Waals surface area contributed by atoms with Gasteiger partial charge in [0.2, 0.25) is 0 Å². The zero-order valence-electron chi connectivity index (χ0n) is 15.3. The molecule has 0 N–H and O–H groups in total. The fourth-order valence-electron chi connectivity index (χ4n) is 4.05. The van der Waals surface area contributed by atoms with E-state index in [2.05, 4.69) is 64.8 Å². The van der Waals surface area contributed by atoms with Crippen LogP contribution in [0.25, 0.3) is 10.9 Å². The Morgan fingerprint density at radius 2 is 2.08 bits per heavy atom. The Morgan fingerprint density at radius 1 is 1.24 bits per heavy atom. The van der Waals surface area contributed by atoms with Gasteiger partial charge < -0.3 is 9.30 Å². The van der Waals surface area contributed by atoms with Gasteiger partial charge in [-0.05, 0) is 18.6 Å². The summed E-state index contributed by atoms with van der Waals surface area (Å²) in [4.78, 5) is 2.50. The second-order valence-electron chi connectivity index (χ2n) is 6.99. The number of methoxy groups -OCH3 is 1. The zero-order valence-corrected chi connectivity index (χ0v) is 15.3. The van der Waals surface area contributed by atoms with Gasteiger partial charge in [0.05, 0.1) is 12.3 Å². The van der Waals surface area contributed by atoms with Crippen LogP contribution in [0, 0.1) is 0 Å². The van der Waals surface area contributed by atoms with Crippen LogP contribution in [0.4, 0.5) is 0 Å². The molecule has 1 aromatic carbocycles. The maximum atomic E-state index is 5.49. The number of para-hydroxylation sites is 1. The van der Waals surface area contributed by atoms with Gasteiger partial charge in [0.25, 0.3) is 0 Å². The lowest BCUT2D eigenvalue weighted by atomic mass is 9.95. The molecule has 2 aromatic heterocycles. The van der Waals surface area contributed by atoms with E-state index in [0.29, 0.717) is 5.92 Å². The van der Waals surface area contributed by atoms with Crippen molar-refractivity contribution in [3.63, 3.8) is 0 Å². The van der Waals surface area contributed by atoms with E-state index in [4.69, 9.17) is 9.84 Å². The number of nitrogens with zero attached hydrogens (tertiary/aromatic N) is 4. The third kappa shape index (κ3) is 2.98. The predicted molar refractivity (Wildman–Crippen MR) is 99.6 cm³/mol. The van der Waals surface area contributed by atoms with Crippen LogP contribution < -0.4 is 0 Å². The molecule has 0 aliphatic carbocycles. The summed E-state index contributed by atoms with van der Waals surface area (Å²) in [5, 5.41) is 6.12. The topological polar surface area (TPSA) is 35.2 Å². The molecule has 1 aliphatic heterocycles. The molecule has 25 heavy (non-hydrogen) atoms. The van der Waals surface area contributed by atoms with Crippen LogP contribution in [0.3, 0.4) is 0 Å². The average Bonchev–Trinajstić information content (AvgIpc) is 3.17. The molecule has 3 heterocycles. The van der Waals surface area contributed by atoms with E-state index in [1.807, 2.05) is 0 Å². The van der Waals surface area contributed by atoms with E-state index >= 15 is 0 Å². The molecular formula is C20H26N4O. The van der Waals surface area contributed by atoms with E-state index < -0.39 is 0 Å². The molecule has 0 fully saturated rings. The fourth-order valence-corrected chi connectivity index (χ4v) is 4.05. The van der Waals surface area contributed by atoms with Crippen molar-refractivity contribution in [1.82, 2.24) is 19.2 Å². The van der Waals surface area contributed by atoms with Gasteiger partial charge in [0, 0.05) is 75.1 Å². The highest BCUT2D eigenvalue weighted by molar-refractivity contribution is 5.83. The minimum atomic E-state index is 0.393. The van der Waals surface area contributed by atoms with Crippen molar-refractivity contribution in [3.05, 3.63) is 53.5 Å². The number of fused-ring (bicyclic) bond motifs is 2. The maximum absolute atomic E-state index is 5.49. The molecule has 0 radical (unpaired) electrons. The molecule has 0 saturated heterocycles. The molecule has 4 rings (SSSR count). The highest BCUT2D eigenvalue weighted by atomic mass is 16.5. The predicted octanol–water partition coefficient (Wildman–Crippen LogP) is 3.14. The Morgan fingerprint density at radius 3 is 2.88 bits per heavy atom. The van der Waals surface area contributed by atoms with Gasteiger partial charge in [-0.15, -0.1) is 0 Å². The summed E-state index contributed by atoms with van der Waals surface area (Å²) in [6, 6.07) is 8.63. The Bertz CT molecular complexity index is 879. The lowest BCUT2D eigenvalue weighted by Crippen LogP contribution is -2.34. The number of aryl methyl sites for hydroxylation is 2. The molecule has 132 valence electrons. The molecule has 5 heteroatoms. The quantitative estimate of drug-likeness (QED) is 0.717. The van der Waals surface area contributed by atoms with Gasteiger partial charge in [-0.2, -0.15) is 5.10 Å². The molecule has 0 bridgehead atoms. The SMILES string of the molecule is CCn1cc2c(n1)CN(Cc1cn(C)c3ccccc13)C[C@@H]2COC. The van der Waals surface area contributed by atoms with Crippen LogP contribution in [0.1, 0.15) is 29.7 Å². The standard InChI is InChI=1S/C20H26N4O/c1-4-24-12-18-16(14-25-3)11-23(13-19(18)21-24)10-15-9-22(2)20-8-6-5-7-17(15)20/h5-9,12,16H,4,10-11,13-14H2,1-3H3/t16-/m1/s1. The van der Waals surface area contributed by atoms with E-state index in [-0.39, 0.29) is 0 Å². The average molecular weight is 338 g/mol. The highest BCUT2D eigenvalue weighted by Crippen LogP contribution is 2.30. The first kappa shape index (κ1) is 16.4. The van der Waals surface area contributed by atoms with Crippen LogP contribution >= 0.6 is 0 Å². The molecule has 0 unspecified atom stereocenters. The van der Waals surface area contributed by atoms with Crippen molar-refractivity contribution in [1.29, 1.82) is 0 Å². The smallest absolute Gasteiger partial charge is 0.0801 e. The number of ether oxygens (including phenoxy) is 1. The maximum Gasteiger partial charge on any atom is 0.0801 e. The van der Waals surface area contributed by atoms with Crippen molar-refractivity contribution < 1.29 is 4.74 Å². The molecule has 0 spiro atoms. The lowest BCUT2D eigenvalue weighted by Gasteiger charge is -2.31. The van der Waals surface area contributed by atoms with Gasteiger partial charge in [-0.3, -0.25) is 9.58 Å². The third-order valence-corrected chi connectivity index (χ3v) is 5.23. The van der Waals surface area contributed by atoms with Crippen LogP contribution in [-0.4, -0.2) is 39.5 Å². The van der Waals surface area contributed by atoms with E-state index in [0.717, 1.165) is 32.8 Å². The van der Waals surface area contributed by atoms with Crippen molar-refractivity contribution in [2.24, 2.45) is 7.05 Å². The Hall–Kier alpha value is -2.11. The van der Waals surface area contributed by atoms with Crippen LogP contribution in [0.2, 0.25) is 0 Å². The third-order valence-electron chi connectivity index (χ3n) is 5.23. The van der Waals surface area contributed by atoms with Crippen molar-refractivity contribution >= 4 is 10.9 Å². The van der Waals surface area contributed by atoms with Crippen LogP contribution in [0.5, 0.6) is 0 Å². The number of rotatable bonds is 5. The Labute approximate surface area is 148 Å². The van der Waals surface area contributed by atoms with Crippen molar-refractivity contribution in [2.45, 2.75) is 32.5 Å². The fraction of sp³-hybridized carbons (Fsp3) is 0.450. The summed E-state index contributed by atoms with van der Waals surface area (Å²) < 4.78 is 9.76. The summed E-state index contributed by atoms with van der Waals surface area (Å²) >= 11 is 0. The summed E-state index contributed by atoms with van der Waals surface area (Å²) in [5.74, 6) is 0.393. The first-order valence-electron chi connectivity index (χ1n) is 9.00. The largest absolute Gasteiger partial charge is 0.384 e. The highest BCUT2D eigenvalue weighted by Gasteiger charge is 2.28. The lowest BCUT2D eigenvalue weighted by molar-refractivity contribution is 0.135. The minimum Gasteiger partial charge on any atom is -0.384 e. The second-order valence-corrected chi connectivity index (χ2v) is 6.99. The summed E-state index contributed by atoms with van der Waals surface area (Å²) in [5.41, 5.74) is 5.24. The van der Waals surface area contributed by atoms with E-state index in [1.165, 1.54) is 27.7 Å². The van der Waals surface area contributed by atoms with Crippen molar-refractivity contribution in [2.75, 3.05) is 20.3 Å². The van der Waals surface area contributed by atoms with E-state index in [1.54, 1.807) is 7.11 Å². The first-order valence-corrected chi connectivity index (χ1v) is 9.00. The molecule has 5 nitrogen and oxygen atoms in total. The van der Waals surface area contributed by atoms with Crippen LogP contribution in [0.15, 0.2) is 36.7 Å². The van der Waals surface area contributed by atoms with Gasteiger partial charge in [-0.1, -0.05) is 18.2 Å². The van der Waals surface area contributed by atoms with E-state index in [9.17, 15) is 0 Å². The summed E-state index contributed by atoms with van der Waals surface area (Å²) in [6.45, 7) is 6.66. The number of aromatic nitrogens is 3. The number of hydrogen-bond acceptors (Lipinski definition) is 3.